The largest absolute Gasteiger partial charge is 0.359 e. The van der Waals surface area contributed by atoms with Gasteiger partial charge in [-0.25, -0.2) is 0 Å². The minimum absolute atomic E-state index is 0.678. The summed E-state index contributed by atoms with van der Waals surface area (Å²) in [6.07, 6.45) is 4.17. The summed E-state index contributed by atoms with van der Waals surface area (Å²) < 4.78 is 0. The summed E-state index contributed by atoms with van der Waals surface area (Å²) in [5, 5.41) is 2.70. The van der Waals surface area contributed by atoms with Gasteiger partial charge in [-0.1, -0.05) is 19.4 Å². The fourth-order valence-electron chi connectivity index (χ4n) is 1.87. The van der Waals surface area contributed by atoms with Crippen LogP contribution in [0.4, 0.5) is 0 Å². The van der Waals surface area contributed by atoms with Crippen LogP contribution in [0.25, 0.3) is 0 Å². The van der Waals surface area contributed by atoms with Crippen molar-refractivity contribution < 1.29 is 4.79 Å². The Labute approximate surface area is 87.8 Å². The molecule has 0 aliphatic heterocycles. The molecule has 82 valence electrons. The van der Waals surface area contributed by atoms with E-state index in [1.165, 1.54) is 12.0 Å². The molecular formula is C12H23NO. The molecule has 0 spiro atoms. The molecule has 0 aliphatic carbocycles. The molecule has 2 unspecified atom stereocenters. The minimum Gasteiger partial charge on any atom is -0.359 e. The SMILES string of the molecule is C=C(C)CC(C)CC(C)CCNC=O. The Hall–Kier alpha value is -0.790. The molecule has 14 heavy (non-hydrogen) atoms. The molecule has 0 bridgehead atoms. The van der Waals surface area contributed by atoms with Gasteiger partial charge in [-0.05, 0) is 38.0 Å². The average molecular weight is 197 g/mol. The molecule has 0 radical (unpaired) electrons. The Balaban J connectivity index is 3.54. The van der Waals surface area contributed by atoms with E-state index in [0.717, 1.165) is 25.8 Å². The summed E-state index contributed by atoms with van der Waals surface area (Å²) >= 11 is 0. The number of hydrogen-bond donors (Lipinski definition) is 1. The van der Waals surface area contributed by atoms with E-state index >= 15 is 0 Å². The summed E-state index contributed by atoms with van der Waals surface area (Å²) in [4.78, 5) is 10.0. The number of nitrogens with one attached hydrogen (secondary N) is 1. The maximum absolute atomic E-state index is 10.0. The number of allylic oxidation sites excluding steroid dienone is 1. The van der Waals surface area contributed by atoms with Crippen LogP contribution in [0.5, 0.6) is 0 Å². The Morgan fingerprint density at radius 1 is 1.43 bits per heavy atom. The van der Waals surface area contributed by atoms with Crippen molar-refractivity contribution >= 4 is 6.41 Å². The van der Waals surface area contributed by atoms with E-state index < -0.39 is 0 Å². The molecule has 0 aromatic heterocycles. The number of hydrogen-bond acceptors (Lipinski definition) is 1. The smallest absolute Gasteiger partial charge is 0.207 e. The fourth-order valence-corrected chi connectivity index (χ4v) is 1.87. The summed E-state index contributed by atoms with van der Waals surface area (Å²) in [5.41, 5.74) is 1.26. The van der Waals surface area contributed by atoms with Gasteiger partial charge in [0.25, 0.3) is 0 Å². The Morgan fingerprint density at radius 2 is 2.07 bits per heavy atom. The van der Waals surface area contributed by atoms with Gasteiger partial charge in [0.1, 0.15) is 0 Å². The minimum atomic E-state index is 0.678. The molecular weight excluding hydrogens is 174 g/mol. The maximum Gasteiger partial charge on any atom is 0.207 e. The van der Waals surface area contributed by atoms with Crippen molar-refractivity contribution in [2.45, 2.75) is 40.0 Å². The summed E-state index contributed by atoms with van der Waals surface area (Å²) in [5.74, 6) is 1.38. The van der Waals surface area contributed by atoms with E-state index in [2.05, 4.69) is 32.7 Å². The van der Waals surface area contributed by atoms with Gasteiger partial charge < -0.3 is 5.32 Å². The highest BCUT2D eigenvalue weighted by molar-refractivity contribution is 5.45. The lowest BCUT2D eigenvalue weighted by Gasteiger charge is -2.16. The summed E-state index contributed by atoms with van der Waals surface area (Å²) in [6, 6.07) is 0. The van der Waals surface area contributed by atoms with E-state index in [1.54, 1.807) is 0 Å². The van der Waals surface area contributed by atoms with Gasteiger partial charge in [0.15, 0.2) is 0 Å². The van der Waals surface area contributed by atoms with E-state index in [4.69, 9.17) is 0 Å². The first-order valence-electron chi connectivity index (χ1n) is 5.37. The first-order chi connectivity index (χ1) is 6.56. The highest BCUT2D eigenvalue weighted by atomic mass is 16.1. The number of carbonyl (C=O) groups excluding carboxylic acids is 1. The molecule has 1 N–H and O–H groups in total. The standard InChI is InChI=1S/C12H23NO/c1-10(2)7-12(4)8-11(3)5-6-13-9-14/h9,11-12H,1,5-8H2,2-4H3,(H,13,14). The molecule has 0 aliphatic rings. The van der Waals surface area contributed by atoms with Crippen LogP contribution in [0.15, 0.2) is 12.2 Å². The molecule has 0 saturated carbocycles. The summed E-state index contributed by atoms with van der Waals surface area (Å²) in [6.45, 7) is 11.3. The van der Waals surface area contributed by atoms with Gasteiger partial charge in [-0.15, -0.1) is 6.58 Å². The topological polar surface area (TPSA) is 29.1 Å². The summed E-state index contributed by atoms with van der Waals surface area (Å²) in [7, 11) is 0. The molecule has 0 heterocycles. The van der Waals surface area contributed by atoms with Crippen LogP contribution in [0.3, 0.4) is 0 Å². The number of rotatable bonds is 8. The molecule has 0 aromatic carbocycles. The van der Waals surface area contributed by atoms with Crippen LogP contribution >= 0.6 is 0 Å². The third-order valence-electron chi connectivity index (χ3n) is 2.37. The molecule has 1 amide bonds. The Bertz CT molecular complexity index is 177. The van der Waals surface area contributed by atoms with Crippen molar-refractivity contribution in [3.63, 3.8) is 0 Å². The van der Waals surface area contributed by atoms with Crippen molar-refractivity contribution in [2.75, 3.05) is 6.54 Å². The monoisotopic (exact) mass is 197 g/mol. The van der Waals surface area contributed by atoms with Gasteiger partial charge in [0.05, 0.1) is 0 Å². The van der Waals surface area contributed by atoms with Crippen molar-refractivity contribution in [1.29, 1.82) is 0 Å². The normalized spacial score (nSPS) is 14.5. The van der Waals surface area contributed by atoms with Gasteiger partial charge in [-0.2, -0.15) is 0 Å². The maximum atomic E-state index is 10.0. The molecule has 2 atom stereocenters. The van der Waals surface area contributed by atoms with Crippen molar-refractivity contribution in [3.8, 4) is 0 Å². The van der Waals surface area contributed by atoms with Crippen LogP contribution in [0.2, 0.25) is 0 Å². The lowest BCUT2D eigenvalue weighted by Crippen LogP contribution is -2.16. The van der Waals surface area contributed by atoms with Crippen LogP contribution in [0.1, 0.15) is 40.0 Å². The van der Waals surface area contributed by atoms with Crippen molar-refractivity contribution in [3.05, 3.63) is 12.2 Å². The molecule has 0 saturated heterocycles. The Kier molecular flexibility index (Phi) is 7.17. The average Bonchev–Trinajstić information content (AvgIpc) is 2.02. The lowest BCUT2D eigenvalue weighted by atomic mass is 9.91. The van der Waals surface area contributed by atoms with Crippen LogP contribution in [-0.2, 0) is 4.79 Å². The third-order valence-corrected chi connectivity index (χ3v) is 2.37. The van der Waals surface area contributed by atoms with E-state index in [9.17, 15) is 4.79 Å². The zero-order valence-corrected chi connectivity index (χ0v) is 9.68. The van der Waals surface area contributed by atoms with Crippen molar-refractivity contribution in [1.82, 2.24) is 5.32 Å². The molecule has 2 heteroatoms. The second-order valence-electron chi connectivity index (χ2n) is 4.47. The first-order valence-corrected chi connectivity index (χ1v) is 5.37. The Morgan fingerprint density at radius 3 is 2.57 bits per heavy atom. The van der Waals surface area contributed by atoms with Gasteiger partial charge >= 0.3 is 0 Å². The highest BCUT2D eigenvalue weighted by Gasteiger charge is 2.08. The van der Waals surface area contributed by atoms with Gasteiger partial charge in [-0.3, -0.25) is 4.79 Å². The number of carbonyl (C=O) groups is 1. The first kappa shape index (κ1) is 13.2. The predicted molar refractivity (Wildman–Crippen MR) is 61.1 cm³/mol. The highest BCUT2D eigenvalue weighted by Crippen LogP contribution is 2.20. The van der Waals surface area contributed by atoms with Crippen LogP contribution < -0.4 is 5.32 Å². The number of amides is 1. The molecule has 0 fully saturated rings. The zero-order valence-electron chi connectivity index (χ0n) is 9.68. The van der Waals surface area contributed by atoms with Crippen LogP contribution in [-0.4, -0.2) is 13.0 Å². The molecule has 2 nitrogen and oxygen atoms in total. The van der Waals surface area contributed by atoms with Gasteiger partial charge in [0, 0.05) is 6.54 Å². The van der Waals surface area contributed by atoms with E-state index in [1.807, 2.05) is 0 Å². The van der Waals surface area contributed by atoms with E-state index in [-0.39, 0.29) is 0 Å². The van der Waals surface area contributed by atoms with E-state index in [0.29, 0.717) is 11.8 Å². The molecule has 0 aromatic rings. The second kappa shape index (κ2) is 7.60. The third kappa shape index (κ3) is 7.84. The fraction of sp³-hybridized carbons (Fsp3) is 0.750. The molecule has 0 rings (SSSR count). The van der Waals surface area contributed by atoms with Crippen LogP contribution in [0, 0.1) is 11.8 Å². The zero-order chi connectivity index (χ0) is 11.0. The lowest BCUT2D eigenvalue weighted by molar-refractivity contribution is -0.109. The quantitative estimate of drug-likeness (QED) is 0.362. The van der Waals surface area contributed by atoms with Gasteiger partial charge in [0.2, 0.25) is 6.41 Å². The predicted octanol–water partition coefficient (Wildman–Crippen LogP) is 2.75. The second-order valence-corrected chi connectivity index (χ2v) is 4.47. The van der Waals surface area contributed by atoms with Crippen molar-refractivity contribution in [2.24, 2.45) is 11.8 Å².